The first kappa shape index (κ1) is 14.1. The Balaban J connectivity index is 2.17. The van der Waals surface area contributed by atoms with Crippen molar-refractivity contribution in [2.45, 2.75) is 18.2 Å². The predicted octanol–water partition coefficient (Wildman–Crippen LogP) is 1.81. The fourth-order valence-corrected chi connectivity index (χ4v) is 2.06. The van der Waals surface area contributed by atoms with Crippen molar-refractivity contribution >= 4 is 17.7 Å². The van der Waals surface area contributed by atoms with Crippen LogP contribution in [0.2, 0.25) is 0 Å². The van der Waals surface area contributed by atoms with E-state index in [2.05, 4.69) is 29.7 Å². The molecule has 0 heterocycles. The summed E-state index contributed by atoms with van der Waals surface area (Å²) >= 11 is 1.57. The molecule has 1 amide bonds. The van der Waals surface area contributed by atoms with Gasteiger partial charge in [0.25, 0.3) is 0 Å². The zero-order valence-corrected chi connectivity index (χ0v) is 11.3. The van der Waals surface area contributed by atoms with E-state index in [1.165, 1.54) is 5.56 Å². The van der Waals surface area contributed by atoms with E-state index >= 15 is 0 Å². The molecule has 0 atom stereocenters. The Hall–Kier alpha value is -1.00. The minimum Gasteiger partial charge on any atom is -0.355 e. The van der Waals surface area contributed by atoms with Crippen LogP contribution in [0.25, 0.3) is 0 Å². The number of nitrogens with one attached hydrogen (secondary N) is 2. The lowest BCUT2D eigenvalue weighted by Gasteiger charge is -2.05. The molecule has 0 saturated carbocycles. The monoisotopic (exact) mass is 252 g/mol. The minimum absolute atomic E-state index is 0.103. The van der Waals surface area contributed by atoms with Gasteiger partial charge in [-0.05, 0) is 39.1 Å². The molecule has 1 aromatic rings. The Morgan fingerprint density at radius 1 is 1.24 bits per heavy atom. The van der Waals surface area contributed by atoms with Crippen molar-refractivity contribution in [3.05, 3.63) is 29.8 Å². The number of thioether (sulfide) groups is 1. The summed E-state index contributed by atoms with van der Waals surface area (Å²) in [5.41, 5.74) is 1.24. The molecule has 0 unspecified atom stereocenters. The van der Waals surface area contributed by atoms with E-state index < -0.39 is 0 Å². The van der Waals surface area contributed by atoms with Crippen molar-refractivity contribution in [3.8, 4) is 0 Å². The molecular weight excluding hydrogens is 232 g/mol. The average Bonchev–Trinajstić information content (AvgIpc) is 2.34. The topological polar surface area (TPSA) is 41.1 Å². The zero-order chi connectivity index (χ0) is 12.5. The van der Waals surface area contributed by atoms with Gasteiger partial charge in [0.1, 0.15) is 0 Å². The summed E-state index contributed by atoms with van der Waals surface area (Å²) < 4.78 is 0. The van der Waals surface area contributed by atoms with Crippen molar-refractivity contribution < 1.29 is 4.79 Å². The minimum atomic E-state index is 0.103. The molecule has 0 aliphatic carbocycles. The molecule has 0 aliphatic rings. The van der Waals surface area contributed by atoms with Gasteiger partial charge in [-0.3, -0.25) is 4.79 Å². The van der Waals surface area contributed by atoms with Crippen LogP contribution in [-0.4, -0.2) is 31.8 Å². The molecule has 0 aliphatic heterocycles. The molecule has 0 radical (unpaired) electrons. The highest BCUT2D eigenvalue weighted by molar-refractivity contribution is 8.00. The van der Waals surface area contributed by atoms with Gasteiger partial charge in [0.05, 0.1) is 5.75 Å². The van der Waals surface area contributed by atoms with E-state index in [1.807, 2.05) is 19.2 Å². The summed E-state index contributed by atoms with van der Waals surface area (Å²) in [7, 11) is 1.91. The molecule has 2 N–H and O–H groups in total. The molecule has 17 heavy (non-hydrogen) atoms. The maximum Gasteiger partial charge on any atom is 0.230 e. The maximum absolute atomic E-state index is 11.5. The Bertz CT molecular complexity index is 338. The number of carbonyl (C=O) groups is 1. The van der Waals surface area contributed by atoms with Crippen LogP contribution in [0.4, 0.5) is 0 Å². The number of carbonyl (C=O) groups excluding carboxylic acids is 1. The molecule has 1 aromatic carbocycles. The van der Waals surface area contributed by atoms with Gasteiger partial charge in [0.2, 0.25) is 5.91 Å². The average molecular weight is 252 g/mol. The summed E-state index contributed by atoms with van der Waals surface area (Å²) in [4.78, 5) is 12.6. The Labute approximate surface area is 107 Å². The van der Waals surface area contributed by atoms with Crippen molar-refractivity contribution in [1.29, 1.82) is 0 Å². The normalized spacial score (nSPS) is 10.2. The fourth-order valence-electron chi connectivity index (χ4n) is 1.33. The van der Waals surface area contributed by atoms with Crippen molar-refractivity contribution in [2.75, 3.05) is 25.9 Å². The van der Waals surface area contributed by atoms with Crippen LogP contribution in [0.5, 0.6) is 0 Å². The van der Waals surface area contributed by atoms with E-state index in [9.17, 15) is 4.79 Å². The van der Waals surface area contributed by atoms with Gasteiger partial charge >= 0.3 is 0 Å². The highest BCUT2D eigenvalue weighted by Crippen LogP contribution is 2.17. The highest BCUT2D eigenvalue weighted by Gasteiger charge is 2.01. The van der Waals surface area contributed by atoms with E-state index in [0.29, 0.717) is 5.75 Å². The molecule has 94 valence electrons. The predicted molar refractivity (Wildman–Crippen MR) is 73.5 cm³/mol. The van der Waals surface area contributed by atoms with Gasteiger partial charge in [-0.1, -0.05) is 17.7 Å². The summed E-state index contributed by atoms with van der Waals surface area (Å²) in [6, 6.07) is 8.23. The van der Waals surface area contributed by atoms with Crippen LogP contribution in [0, 0.1) is 6.92 Å². The van der Waals surface area contributed by atoms with Gasteiger partial charge in [-0.15, -0.1) is 11.8 Å². The van der Waals surface area contributed by atoms with E-state index in [1.54, 1.807) is 11.8 Å². The molecule has 4 heteroatoms. The van der Waals surface area contributed by atoms with Crippen LogP contribution in [0.15, 0.2) is 29.2 Å². The Kier molecular flexibility index (Phi) is 6.74. The van der Waals surface area contributed by atoms with Gasteiger partial charge < -0.3 is 10.6 Å². The first-order valence-corrected chi connectivity index (χ1v) is 6.81. The largest absolute Gasteiger partial charge is 0.355 e. The second-order valence-electron chi connectivity index (χ2n) is 3.91. The molecule has 0 aromatic heterocycles. The number of hydrogen-bond donors (Lipinski definition) is 2. The lowest BCUT2D eigenvalue weighted by molar-refractivity contribution is -0.118. The number of amides is 1. The number of aryl methyl sites for hydroxylation is 1. The lowest BCUT2D eigenvalue weighted by atomic mass is 10.2. The SMILES string of the molecule is CNCCCNC(=O)CSc1ccc(C)cc1. The summed E-state index contributed by atoms with van der Waals surface area (Å²) in [5, 5.41) is 5.95. The Morgan fingerprint density at radius 2 is 1.94 bits per heavy atom. The second kappa shape index (κ2) is 8.14. The van der Waals surface area contributed by atoms with Crippen molar-refractivity contribution in [3.63, 3.8) is 0 Å². The zero-order valence-electron chi connectivity index (χ0n) is 10.5. The number of benzene rings is 1. The first-order valence-electron chi connectivity index (χ1n) is 5.83. The lowest BCUT2D eigenvalue weighted by Crippen LogP contribution is -2.27. The van der Waals surface area contributed by atoms with Crippen LogP contribution in [-0.2, 0) is 4.79 Å². The molecule has 0 bridgehead atoms. The maximum atomic E-state index is 11.5. The first-order chi connectivity index (χ1) is 8.22. The summed E-state index contributed by atoms with van der Waals surface area (Å²) in [5.74, 6) is 0.592. The second-order valence-corrected chi connectivity index (χ2v) is 4.96. The van der Waals surface area contributed by atoms with Gasteiger partial charge in [-0.25, -0.2) is 0 Å². The molecule has 0 spiro atoms. The molecule has 1 rings (SSSR count). The van der Waals surface area contributed by atoms with Crippen molar-refractivity contribution in [2.24, 2.45) is 0 Å². The Morgan fingerprint density at radius 3 is 2.59 bits per heavy atom. The number of rotatable bonds is 7. The van der Waals surface area contributed by atoms with Gasteiger partial charge in [0.15, 0.2) is 0 Å². The van der Waals surface area contributed by atoms with E-state index in [4.69, 9.17) is 0 Å². The van der Waals surface area contributed by atoms with Crippen LogP contribution >= 0.6 is 11.8 Å². The highest BCUT2D eigenvalue weighted by atomic mass is 32.2. The van der Waals surface area contributed by atoms with Crippen molar-refractivity contribution in [1.82, 2.24) is 10.6 Å². The van der Waals surface area contributed by atoms with Gasteiger partial charge in [0, 0.05) is 11.4 Å². The van der Waals surface area contributed by atoms with Crippen LogP contribution < -0.4 is 10.6 Å². The van der Waals surface area contributed by atoms with Crippen LogP contribution in [0.3, 0.4) is 0 Å². The molecule has 0 saturated heterocycles. The third-order valence-electron chi connectivity index (χ3n) is 2.32. The molecule has 0 fully saturated rings. The van der Waals surface area contributed by atoms with Gasteiger partial charge in [-0.2, -0.15) is 0 Å². The molecule has 3 nitrogen and oxygen atoms in total. The number of hydrogen-bond acceptors (Lipinski definition) is 3. The standard InChI is InChI=1S/C13H20N2OS/c1-11-4-6-12(7-5-11)17-10-13(16)15-9-3-8-14-2/h4-7,14H,3,8-10H2,1-2H3,(H,15,16). The van der Waals surface area contributed by atoms with E-state index in [0.717, 1.165) is 24.4 Å². The summed E-state index contributed by atoms with van der Waals surface area (Å²) in [6.07, 6.45) is 0.970. The third kappa shape index (κ3) is 6.34. The summed E-state index contributed by atoms with van der Waals surface area (Å²) in [6.45, 7) is 3.74. The van der Waals surface area contributed by atoms with E-state index in [-0.39, 0.29) is 5.91 Å². The fraction of sp³-hybridized carbons (Fsp3) is 0.462. The van der Waals surface area contributed by atoms with Crippen LogP contribution in [0.1, 0.15) is 12.0 Å². The smallest absolute Gasteiger partial charge is 0.230 e. The quantitative estimate of drug-likeness (QED) is 0.574. The molecular formula is C13H20N2OS. The third-order valence-corrected chi connectivity index (χ3v) is 3.33.